The molecule has 1 atom stereocenters. The van der Waals surface area contributed by atoms with Crippen molar-refractivity contribution in [3.8, 4) is 17.2 Å². The Labute approximate surface area is 168 Å². The number of nitrogens with one attached hydrogen (secondary N) is 1. The van der Waals surface area contributed by atoms with Crippen molar-refractivity contribution in [3.63, 3.8) is 0 Å². The van der Waals surface area contributed by atoms with E-state index in [1.165, 1.54) is 18.9 Å². The number of aromatic hydroxyl groups is 1. The molecule has 0 saturated heterocycles. The Morgan fingerprint density at radius 3 is 2.96 bits per heavy atom. The largest absolute Gasteiger partial charge is 0.504 e. The Morgan fingerprint density at radius 1 is 1.33 bits per heavy atom. The number of methoxy groups -OCH3 is 1. The minimum absolute atomic E-state index is 0.0785. The van der Waals surface area contributed by atoms with Gasteiger partial charge < -0.3 is 15.2 Å². The first-order valence-electron chi connectivity index (χ1n) is 8.18. The maximum atomic E-state index is 12.1. The Kier molecular flexibility index (Phi) is 4.84. The van der Waals surface area contributed by atoms with E-state index in [1.807, 2.05) is 34.9 Å². The van der Waals surface area contributed by atoms with Crippen molar-refractivity contribution in [1.29, 1.82) is 0 Å². The summed E-state index contributed by atoms with van der Waals surface area (Å²) < 4.78 is 8.19. The number of hydrogen-bond donors (Lipinski definition) is 2. The van der Waals surface area contributed by atoms with Crippen LogP contribution in [0.2, 0.25) is 0 Å². The van der Waals surface area contributed by atoms with E-state index in [1.54, 1.807) is 18.5 Å². The number of imidazole rings is 1. The average Bonchev–Trinajstić information content (AvgIpc) is 2.98. The zero-order valence-corrected chi connectivity index (χ0v) is 16.8. The highest BCUT2D eigenvalue weighted by atomic mass is 79.9. The van der Waals surface area contributed by atoms with Gasteiger partial charge >= 0.3 is 0 Å². The number of ether oxygens (including phenoxy) is 1. The van der Waals surface area contributed by atoms with Gasteiger partial charge in [-0.2, -0.15) is 0 Å². The third-order valence-electron chi connectivity index (χ3n) is 4.28. The lowest BCUT2D eigenvalue weighted by atomic mass is 10.1. The summed E-state index contributed by atoms with van der Waals surface area (Å²) in [5, 5.41) is 12.7. The maximum Gasteiger partial charge on any atom is 0.235 e. The maximum absolute atomic E-state index is 12.1. The molecule has 0 radical (unpaired) electrons. The van der Waals surface area contributed by atoms with Crippen LogP contribution in [0.4, 0.5) is 5.82 Å². The fourth-order valence-electron chi connectivity index (χ4n) is 3.05. The smallest absolute Gasteiger partial charge is 0.235 e. The van der Waals surface area contributed by atoms with E-state index < -0.39 is 0 Å². The Morgan fingerprint density at radius 2 is 2.19 bits per heavy atom. The summed E-state index contributed by atoms with van der Waals surface area (Å²) in [6.07, 6.45) is 1.71. The highest BCUT2D eigenvalue weighted by Gasteiger charge is 2.29. The van der Waals surface area contributed by atoms with Gasteiger partial charge in [-0.25, -0.2) is 4.98 Å². The molecule has 0 bridgehead atoms. The van der Waals surface area contributed by atoms with Crippen molar-refractivity contribution in [1.82, 2.24) is 9.55 Å². The molecular formula is C19H16BrN3O3S. The van der Waals surface area contributed by atoms with Gasteiger partial charge in [0.1, 0.15) is 6.33 Å². The number of nitrogens with zero attached hydrogens (tertiary/aromatic N) is 2. The first-order chi connectivity index (χ1) is 13.1. The fourth-order valence-corrected chi connectivity index (χ4v) is 4.55. The first-order valence-corrected chi connectivity index (χ1v) is 10.0. The Hall–Kier alpha value is -2.45. The quantitative estimate of drug-likeness (QED) is 0.633. The van der Waals surface area contributed by atoms with E-state index in [9.17, 15) is 9.90 Å². The second-order valence-corrected chi connectivity index (χ2v) is 8.01. The number of benzene rings is 2. The minimum atomic E-state index is -0.157. The molecule has 1 unspecified atom stereocenters. The lowest BCUT2D eigenvalue weighted by Gasteiger charge is -2.19. The Bertz CT molecular complexity index is 1020. The van der Waals surface area contributed by atoms with Crippen LogP contribution in [-0.4, -0.2) is 33.4 Å². The standard InChI is InChI=1S/C19H16BrN3O3S/c1-26-15-7-11(5-6-14(15)24)18-17-19(22-16(25)9-27-18)21-10-23(17)13-4-2-3-12(20)8-13/h2-8,10,18,24H,9H2,1H3,(H,22,25). The molecule has 6 nitrogen and oxygen atoms in total. The number of carbonyl (C=O) groups is 1. The number of rotatable bonds is 3. The topological polar surface area (TPSA) is 76.4 Å². The molecule has 0 fully saturated rings. The number of amides is 1. The van der Waals surface area contributed by atoms with Crippen LogP contribution >= 0.6 is 27.7 Å². The molecule has 2 aromatic carbocycles. The molecule has 27 heavy (non-hydrogen) atoms. The number of anilines is 1. The molecule has 0 aliphatic carbocycles. The van der Waals surface area contributed by atoms with Gasteiger partial charge in [-0.15, -0.1) is 11.8 Å². The van der Waals surface area contributed by atoms with Crippen LogP contribution < -0.4 is 10.1 Å². The van der Waals surface area contributed by atoms with Crippen molar-refractivity contribution in [2.75, 3.05) is 18.2 Å². The molecular weight excluding hydrogens is 430 g/mol. The third kappa shape index (κ3) is 3.42. The highest BCUT2D eigenvalue weighted by molar-refractivity contribution is 9.10. The molecule has 2 heterocycles. The van der Waals surface area contributed by atoms with Gasteiger partial charge in [0.05, 0.1) is 23.8 Å². The number of halogens is 1. The molecule has 1 aromatic heterocycles. The number of carbonyl (C=O) groups excluding carboxylic acids is 1. The van der Waals surface area contributed by atoms with E-state index in [2.05, 4.69) is 26.2 Å². The first kappa shape index (κ1) is 17.9. The second kappa shape index (κ2) is 7.28. The molecule has 138 valence electrons. The number of fused-ring (bicyclic) bond motifs is 1. The molecule has 2 N–H and O–H groups in total. The predicted octanol–water partition coefficient (Wildman–Crippen LogP) is 4.12. The minimum Gasteiger partial charge on any atom is -0.504 e. The normalized spacial score (nSPS) is 16.4. The van der Waals surface area contributed by atoms with Crippen LogP contribution in [0, 0.1) is 0 Å². The summed E-state index contributed by atoms with van der Waals surface area (Å²) in [4.78, 5) is 16.6. The molecule has 3 aromatic rings. The molecule has 1 aliphatic rings. The number of phenols is 1. The average molecular weight is 446 g/mol. The van der Waals surface area contributed by atoms with Gasteiger partial charge in [0.15, 0.2) is 17.3 Å². The number of aromatic nitrogens is 2. The van der Waals surface area contributed by atoms with Crippen molar-refractivity contribution >= 4 is 39.4 Å². The molecule has 0 saturated carbocycles. The van der Waals surface area contributed by atoms with E-state index in [0.717, 1.165) is 21.4 Å². The lowest BCUT2D eigenvalue weighted by Crippen LogP contribution is -2.12. The lowest BCUT2D eigenvalue weighted by molar-refractivity contribution is -0.113. The van der Waals surface area contributed by atoms with E-state index in [-0.39, 0.29) is 16.9 Å². The van der Waals surface area contributed by atoms with Gasteiger partial charge in [0, 0.05) is 10.2 Å². The van der Waals surface area contributed by atoms with Gasteiger partial charge in [-0.1, -0.05) is 28.1 Å². The summed E-state index contributed by atoms with van der Waals surface area (Å²) in [5.74, 6) is 1.24. The van der Waals surface area contributed by atoms with Crippen molar-refractivity contribution in [2.24, 2.45) is 0 Å². The molecule has 8 heteroatoms. The number of phenolic OH excluding ortho intramolecular Hbond substituents is 1. The number of thioether (sulfide) groups is 1. The predicted molar refractivity (Wildman–Crippen MR) is 109 cm³/mol. The van der Waals surface area contributed by atoms with E-state index in [0.29, 0.717) is 17.3 Å². The highest BCUT2D eigenvalue weighted by Crippen LogP contribution is 2.44. The van der Waals surface area contributed by atoms with Crippen LogP contribution in [0.3, 0.4) is 0 Å². The van der Waals surface area contributed by atoms with Crippen LogP contribution in [-0.2, 0) is 4.79 Å². The van der Waals surface area contributed by atoms with Crippen molar-refractivity contribution < 1.29 is 14.6 Å². The summed E-state index contributed by atoms with van der Waals surface area (Å²) in [6, 6.07) is 13.1. The Balaban J connectivity index is 1.88. The van der Waals surface area contributed by atoms with Crippen LogP contribution in [0.1, 0.15) is 16.5 Å². The van der Waals surface area contributed by atoms with Gasteiger partial charge in [-0.05, 0) is 35.9 Å². The zero-order chi connectivity index (χ0) is 19.0. The van der Waals surface area contributed by atoms with Crippen LogP contribution in [0.25, 0.3) is 5.69 Å². The van der Waals surface area contributed by atoms with E-state index in [4.69, 9.17) is 4.74 Å². The SMILES string of the molecule is COc1cc(C2SCC(=O)Nc3ncn(-c4cccc(Br)c4)c32)ccc1O. The van der Waals surface area contributed by atoms with Crippen LogP contribution in [0.5, 0.6) is 11.5 Å². The monoisotopic (exact) mass is 445 g/mol. The van der Waals surface area contributed by atoms with E-state index >= 15 is 0 Å². The van der Waals surface area contributed by atoms with Crippen molar-refractivity contribution in [3.05, 3.63) is 64.5 Å². The molecule has 4 rings (SSSR count). The van der Waals surface area contributed by atoms with Gasteiger partial charge in [0.2, 0.25) is 5.91 Å². The van der Waals surface area contributed by atoms with Crippen molar-refractivity contribution in [2.45, 2.75) is 5.25 Å². The number of hydrogen-bond acceptors (Lipinski definition) is 5. The van der Waals surface area contributed by atoms with Gasteiger partial charge in [0.25, 0.3) is 0 Å². The third-order valence-corrected chi connectivity index (χ3v) is 6.04. The summed E-state index contributed by atoms with van der Waals surface area (Å²) in [6.45, 7) is 0. The summed E-state index contributed by atoms with van der Waals surface area (Å²) in [7, 11) is 1.52. The summed E-state index contributed by atoms with van der Waals surface area (Å²) in [5.41, 5.74) is 2.73. The van der Waals surface area contributed by atoms with Crippen LogP contribution in [0.15, 0.2) is 53.3 Å². The second-order valence-electron chi connectivity index (χ2n) is 6.00. The summed E-state index contributed by atoms with van der Waals surface area (Å²) >= 11 is 5.01. The molecule has 1 amide bonds. The fraction of sp³-hybridized carbons (Fsp3) is 0.158. The molecule has 0 spiro atoms. The zero-order valence-electron chi connectivity index (χ0n) is 14.3. The molecule has 1 aliphatic heterocycles. The van der Waals surface area contributed by atoms with Gasteiger partial charge in [-0.3, -0.25) is 9.36 Å².